The van der Waals surface area contributed by atoms with Gasteiger partial charge in [-0.3, -0.25) is 0 Å². The highest BCUT2D eigenvalue weighted by Crippen LogP contribution is 2.18. The molecule has 0 aliphatic rings. The van der Waals surface area contributed by atoms with E-state index in [0.717, 1.165) is 5.56 Å². The van der Waals surface area contributed by atoms with Gasteiger partial charge >= 0.3 is 6.03 Å². The Balaban J connectivity index is 2.70. The van der Waals surface area contributed by atoms with E-state index in [9.17, 15) is 9.90 Å². The van der Waals surface area contributed by atoms with Crippen molar-refractivity contribution in [2.75, 3.05) is 13.6 Å². The van der Waals surface area contributed by atoms with Gasteiger partial charge in [-0.2, -0.15) is 5.26 Å². The van der Waals surface area contributed by atoms with Crippen LogP contribution in [0.4, 0.5) is 4.79 Å². The molecule has 1 aromatic rings. The molecule has 5 heteroatoms. The Hall–Kier alpha value is -2.06. The Labute approximate surface area is 119 Å². The molecule has 0 spiro atoms. The average molecular weight is 275 g/mol. The minimum atomic E-state index is -0.569. The Bertz CT molecular complexity index is 454. The molecule has 0 fully saturated rings. The van der Waals surface area contributed by atoms with Gasteiger partial charge in [0.05, 0.1) is 18.2 Å². The number of nitrogens with zero attached hydrogens (tertiary/aromatic N) is 2. The first-order valence-electron chi connectivity index (χ1n) is 6.66. The smallest absolute Gasteiger partial charge is 0.317 e. The molecule has 1 aromatic carbocycles. The molecule has 2 amide bonds. The highest BCUT2D eigenvalue weighted by atomic mass is 16.3. The van der Waals surface area contributed by atoms with E-state index in [1.165, 1.54) is 4.90 Å². The lowest BCUT2D eigenvalue weighted by atomic mass is 10.0. The summed E-state index contributed by atoms with van der Waals surface area (Å²) in [4.78, 5) is 13.5. The highest BCUT2D eigenvalue weighted by Gasteiger charge is 2.17. The second-order valence-electron chi connectivity index (χ2n) is 4.84. The van der Waals surface area contributed by atoms with Crippen LogP contribution in [0.25, 0.3) is 0 Å². The summed E-state index contributed by atoms with van der Waals surface area (Å²) in [6.07, 6.45) is 0.370. The van der Waals surface area contributed by atoms with E-state index in [2.05, 4.69) is 11.4 Å². The zero-order chi connectivity index (χ0) is 15.0. The summed E-state index contributed by atoms with van der Waals surface area (Å²) in [7, 11) is 1.63. The predicted octanol–water partition coefficient (Wildman–Crippen LogP) is 2.05. The number of urea groups is 1. The largest absolute Gasteiger partial charge is 0.392 e. The maximum absolute atomic E-state index is 12.0. The fourth-order valence-corrected chi connectivity index (χ4v) is 1.95. The number of aliphatic hydroxyl groups excluding tert-OH is 1. The van der Waals surface area contributed by atoms with Crippen molar-refractivity contribution in [3.05, 3.63) is 35.9 Å². The molecule has 2 unspecified atom stereocenters. The van der Waals surface area contributed by atoms with Crippen LogP contribution in [0.15, 0.2) is 30.3 Å². The molecular formula is C15H21N3O2. The summed E-state index contributed by atoms with van der Waals surface area (Å²) in [6.45, 7) is 1.90. The van der Waals surface area contributed by atoms with Crippen molar-refractivity contribution in [1.82, 2.24) is 10.2 Å². The summed E-state index contributed by atoms with van der Waals surface area (Å²) in [5.74, 6) is 0. The van der Waals surface area contributed by atoms with Crippen LogP contribution in [0.2, 0.25) is 0 Å². The van der Waals surface area contributed by atoms with Gasteiger partial charge in [0.1, 0.15) is 0 Å². The van der Waals surface area contributed by atoms with Gasteiger partial charge < -0.3 is 15.3 Å². The second kappa shape index (κ2) is 8.18. The third-order valence-corrected chi connectivity index (χ3v) is 2.93. The molecule has 2 N–H and O–H groups in total. The van der Waals surface area contributed by atoms with Crippen molar-refractivity contribution in [2.24, 2.45) is 0 Å². The van der Waals surface area contributed by atoms with E-state index in [1.54, 1.807) is 14.0 Å². The Morgan fingerprint density at radius 1 is 1.45 bits per heavy atom. The molecule has 0 saturated carbocycles. The number of benzene rings is 1. The molecule has 20 heavy (non-hydrogen) atoms. The van der Waals surface area contributed by atoms with Crippen LogP contribution in [0.1, 0.15) is 31.4 Å². The average Bonchev–Trinajstić information content (AvgIpc) is 2.43. The van der Waals surface area contributed by atoms with Crippen molar-refractivity contribution in [3.63, 3.8) is 0 Å². The van der Waals surface area contributed by atoms with E-state index in [1.807, 2.05) is 30.3 Å². The number of nitriles is 1. The molecule has 0 heterocycles. The number of hydrogen-bond acceptors (Lipinski definition) is 3. The monoisotopic (exact) mass is 275 g/mol. The Morgan fingerprint density at radius 2 is 2.10 bits per heavy atom. The molecule has 5 nitrogen and oxygen atoms in total. The Morgan fingerprint density at radius 3 is 2.65 bits per heavy atom. The number of nitrogens with one attached hydrogen (secondary N) is 1. The summed E-state index contributed by atoms with van der Waals surface area (Å²) >= 11 is 0. The summed E-state index contributed by atoms with van der Waals surface area (Å²) in [6, 6.07) is 11.2. The number of likely N-dealkylation sites (N-methyl/N-ethyl adjacent to an activating group) is 1. The molecule has 0 bridgehead atoms. The number of hydrogen-bond donors (Lipinski definition) is 2. The number of carbonyl (C=O) groups excluding carboxylic acids is 1. The van der Waals surface area contributed by atoms with E-state index in [-0.39, 0.29) is 18.6 Å². The molecular weight excluding hydrogens is 254 g/mol. The van der Waals surface area contributed by atoms with Crippen LogP contribution in [0.3, 0.4) is 0 Å². The zero-order valence-corrected chi connectivity index (χ0v) is 11.9. The van der Waals surface area contributed by atoms with Gasteiger partial charge in [-0.1, -0.05) is 30.3 Å². The van der Waals surface area contributed by atoms with Crippen molar-refractivity contribution >= 4 is 6.03 Å². The fourth-order valence-electron chi connectivity index (χ4n) is 1.95. The number of amides is 2. The zero-order valence-electron chi connectivity index (χ0n) is 11.9. The first-order valence-corrected chi connectivity index (χ1v) is 6.66. The van der Waals surface area contributed by atoms with E-state index in [0.29, 0.717) is 12.8 Å². The quantitative estimate of drug-likeness (QED) is 0.834. The first-order chi connectivity index (χ1) is 9.54. The van der Waals surface area contributed by atoms with Gasteiger partial charge in [-0.25, -0.2) is 4.79 Å². The summed E-state index contributed by atoms with van der Waals surface area (Å²) in [5.41, 5.74) is 0.974. The number of aliphatic hydroxyl groups is 1. The van der Waals surface area contributed by atoms with E-state index >= 15 is 0 Å². The third-order valence-electron chi connectivity index (χ3n) is 2.93. The fraction of sp³-hybridized carbons (Fsp3) is 0.467. The van der Waals surface area contributed by atoms with Crippen LogP contribution in [-0.4, -0.2) is 35.7 Å². The SMILES string of the molecule is CC(O)CN(C)C(=O)NC(CCC#N)c1ccccc1. The van der Waals surface area contributed by atoms with Crippen molar-refractivity contribution in [1.29, 1.82) is 5.26 Å². The lowest BCUT2D eigenvalue weighted by Crippen LogP contribution is -2.42. The van der Waals surface area contributed by atoms with Gasteiger partial charge in [0.2, 0.25) is 0 Å². The summed E-state index contributed by atoms with van der Waals surface area (Å²) < 4.78 is 0. The maximum atomic E-state index is 12.0. The topological polar surface area (TPSA) is 76.4 Å². The molecule has 0 saturated heterocycles. The number of rotatable bonds is 6. The lowest BCUT2D eigenvalue weighted by molar-refractivity contribution is 0.142. The normalized spacial score (nSPS) is 13.1. The van der Waals surface area contributed by atoms with Crippen LogP contribution < -0.4 is 5.32 Å². The molecule has 2 atom stereocenters. The van der Waals surface area contributed by atoms with Crippen LogP contribution in [-0.2, 0) is 0 Å². The van der Waals surface area contributed by atoms with Gasteiger partial charge in [0.25, 0.3) is 0 Å². The molecule has 0 aliphatic heterocycles. The predicted molar refractivity (Wildman–Crippen MR) is 76.9 cm³/mol. The number of carbonyl (C=O) groups is 1. The van der Waals surface area contributed by atoms with Crippen LogP contribution in [0, 0.1) is 11.3 Å². The molecule has 0 radical (unpaired) electrons. The second-order valence-corrected chi connectivity index (χ2v) is 4.84. The third kappa shape index (κ3) is 5.29. The van der Waals surface area contributed by atoms with Gasteiger partial charge in [0, 0.05) is 20.0 Å². The lowest BCUT2D eigenvalue weighted by Gasteiger charge is -2.24. The minimum absolute atomic E-state index is 0.195. The van der Waals surface area contributed by atoms with Crippen molar-refractivity contribution < 1.29 is 9.90 Å². The van der Waals surface area contributed by atoms with E-state index in [4.69, 9.17) is 5.26 Å². The molecule has 1 rings (SSSR count). The van der Waals surface area contributed by atoms with Crippen LogP contribution in [0.5, 0.6) is 0 Å². The molecule has 0 aliphatic carbocycles. The van der Waals surface area contributed by atoms with E-state index < -0.39 is 6.10 Å². The Kier molecular flexibility index (Phi) is 6.54. The molecule has 108 valence electrons. The van der Waals surface area contributed by atoms with Gasteiger partial charge in [0.15, 0.2) is 0 Å². The maximum Gasteiger partial charge on any atom is 0.317 e. The van der Waals surface area contributed by atoms with Gasteiger partial charge in [-0.05, 0) is 18.9 Å². The summed E-state index contributed by atoms with van der Waals surface area (Å²) in [5, 5.41) is 20.9. The van der Waals surface area contributed by atoms with Crippen molar-refractivity contribution in [3.8, 4) is 6.07 Å². The standard InChI is InChI=1S/C15H21N3O2/c1-12(19)11-18(2)15(20)17-14(9-6-10-16)13-7-4-3-5-8-13/h3-5,7-8,12,14,19H,6,9,11H2,1-2H3,(H,17,20). The van der Waals surface area contributed by atoms with Gasteiger partial charge in [-0.15, -0.1) is 0 Å². The van der Waals surface area contributed by atoms with Crippen molar-refractivity contribution in [2.45, 2.75) is 31.9 Å². The first kappa shape index (κ1) is 16.0. The molecule has 0 aromatic heterocycles. The van der Waals surface area contributed by atoms with Crippen LogP contribution >= 0.6 is 0 Å². The highest BCUT2D eigenvalue weighted by molar-refractivity contribution is 5.74. The minimum Gasteiger partial charge on any atom is -0.392 e.